The molecule has 1 unspecified atom stereocenters. The summed E-state index contributed by atoms with van der Waals surface area (Å²) >= 11 is 0. The number of nitrogens with zero attached hydrogens (tertiary/aromatic N) is 1. The lowest BCUT2D eigenvalue weighted by molar-refractivity contribution is -0.122. The van der Waals surface area contributed by atoms with E-state index in [1.165, 1.54) is 0 Å². The molecule has 0 aliphatic heterocycles. The van der Waals surface area contributed by atoms with Crippen LogP contribution in [0.15, 0.2) is 28.8 Å². The van der Waals surface area contributed by atoms with Crippen molar-refractivity contribution in [2.24, 2.45) is 0 Å². The van der Waals surface area contributed by atoms with E-state index in [0.717, 1.165) is 11.8 Å². The van der Waals surface area contributed by atoms with Gasteiger partial charge < -0.3 is 14.9 Å². The first-order valence-corrected chi connectivity index (χ1v) is 6.83. The first-order valence-electron chi connectivity index (χ1n) is 6.83. The molecule has 2 aromatic rings. The number of nitrogens with one attached hydrogen (secondary N) is 1. The van der Waals surface area contributed by atoms with Crippen molar-refractivity contribution in [2.45, 2.75) is 38.6 Å². The third kappa shape index (κ3) is 3.17. The highest BCUT2D eigenvalue weighted by Crippen LogP contribution is 2.19. The number of benzene rings is 1. The molecule has 1 heterocycles. The Balaban J connectivity index is 2.08. The van der Waals surface area contributed by atoms with Crippen molar-refractivity contribution in [1.82, 2.24) is 10.5 Å². The molecule has 0 aliphatic carbocycles. The predicted molar refractivity (Wildman–Crippen MR) is 76.3 cm³/mol. The highest BCUT2D eigenvalue weighted by atomic mass is 16.5. The van der Waals surface area contributed by atoms with Crippen molar-refractivity contribution < 1.29 is 14.4 Å². The summed E-state index contributed by atoms with van der Waals surface area (Å²) in [7, 11) is 0. The number of aliphatic hydroxyl groups excluding tert-OH is 1. The van der Waals surface area contributed by atoms with Crippen molar-refractivity contribution in [3.8, 4) is 0 Å². The van der Waals surface area contributed by atoms with E-state index in [4.69, 9.17) is 9.63 Å². The van der Waals surface area contributed by atoms with Gasteiger partial charge in [-0.1, -0.05) is 24.2 Å². The van der Waals surface area contributed by atoms with E-state index in [1.54, 1.807) is 0 Å². The van der Waals surface area contributed by atoms with Crippen LogP contribution in [-0.4, -0.2) is 28.3 Å². The zero-order chi connectivity index (χ0) is 14.6. The van der Waals surface area contributed by atoms with E-state index >= 15 is 0 Å². The van der Waals surface area contributed by atoms with Crippen LogP contribution >= 0.6 is 0 Å². The molecule has 0 spiro atoms. The minimum absolute atomic E-state index is 0.0531. The molecule has 0 radical (unpaired) electrons. The van der Waals surface area contributed by atoms with Gasteiger partial charge >= 0.3 is 0 Å². The Bertz CT molecular complexity index is 594. The molecular formula is C15H20N2O3. The summed E-state index contributed by atoms with van der Waals surface area (Å²) < 4.78 is 5.18. The van der Waals surface area contributed by atoms with Crippen LogP contribution in [0.2, 0.25) is 0 Å². The molecule has 1 aromatic carbocycles. The quantitative estimate of drug-likeness (QED) is 0.846. The molecule has 2 N–H and O–H groups in total. The molecule has 108 valence electrons. The molecule has 5 heteroatoms. The number of aromatic nitrogens is 1. The summed E-state index contributed by atoms with van der Waals surface area (Å²) in [6.07, 6.45) is 1.48. The summed E-state index contributed by atoms with van der Waals surface area (Å²) in [6.45, 7) is 3.97. The second kappa shape index (κ2) is 6.05. The van der Waals surface area contributed by atoms with E-state index in [2.05, 4.69) is 10.5 Å². The van der Waals surface area contributed by atoms with Gasteiger partial charge in [0.05, 0.1) is 6.42 Å². The van der Waals surface area contributed by atoms with Crippen LogP contribution in [0.4, 0.5) is 0 Å². The first-order chi connectivity index (χ1) is 9.58. The monoisotopic (exact) mass is 276 g/mol. The molecule has 2 rings (SSSR count). The minimum atomic E-state index is -0.384. The fourth-order valence-electron chi connectivity index (χ4n) is 2.17. The lowest BCUT2D eigenvalue weighted by Crippen LogP contribution is -2.46. The summed E-state index contributed by atoms with van der Waals surface area (Å²) in [5, 5.41) is 16.8. The van der Waals surface area contributed by atoms with E-state index in [1.807, 2.05) is 38.1 Å². The third-order valence-electron chi connectivity index (χ3n) is 3.67. The van der Waals surface area contributed by atoms with Gasteiger partial charge in [-0.05, 0) is 31.9 Å². The summed E-state index contributed by atoms with van der Waals surface area (Å²) in [5.41, 5.74) is 0.940. The fraction of sp³-hybridized carbons (Fsp3) is 0.467. The Kier molecular flexibility index (Phi) is 4.39. The largest absolute Gasteiger partial charge is 0.396 e. The second-order valence-electron chi connectivity index (χ2n) is 5.24. The molecule has 0 aliphatic rings. The van der Waals surface area contributed by atoms with E-state index < -0.39 is 0 Å². The van der Waals surface area contributed by atoms with Crippen molar-refractivity contribution >= 4 is 16.9 Å². The number of fused-ring (bicyclic) bond motifs is 1. The summed E-state index contributed by atoms with van der Waals surface area (Å²) in [4.78, 5) is 12.1. The Labute approximate surface area is 118 Å². The van der Waals surface area contributed by atoms with Gasteiger partial charge in [-0.15, -0.1) is 0 Å². The number of carbonyl (C=O) groups excluding carboxylic acids is 1. The number of carbonyl (C=O) groups is 1. The smallest absolute Gasteiger partial charge is 0.226 e. The number of aliphatic hydroxyl groups is 1. The highest BCUT2D eigenvalue weighted by molar-refractivity contribution is 5.86. The zero-order valence-electron chi connectivity index (χ0n) is 11.8. The third-order valence-corrected chi connectivity index (χ3v) is 3.67. The van der Waals surface area contributed by atoms with Gasteiger partial charge in [-0.2, -0.15) is 0 Å². The van der Waals surface area contributed by atoms with Crippen molar-refractivity contribution in [1.29, 1.82) is 0 Å². The maximum absolute atomic E-state index is 12.1. The Morgan fingerprint density at radius 3 is 2.90 bits per heavy atom. The van der Waals surface area contributed by atoms with Crippen LogP contribution in [0.1, 0.15) is 32.4 Å². The fourth-order valence-corrected chi connectivity index (χ4v) is 2.17. The number of para-hydroxylation sites is 1. The van der Waals surface area contributed by atoms with Gasteiger partial charge in [0.15, 0.2) is 5.58 Å². The number of hydrogen-bond acceptors (Lipinski definition) is 4. The van der Waals surface area contributed by atoms with Crippen molar-refractivity contribution in [3.05, 3.63) is 30.0 Å². The Hall–Kier alpha value is -1.88. The van der Waals surface area contributed by atoms with E-state index in [-0.39, 0.29) is 24.5 Å². The first kappa shape index (κ1) is 14.5. The van der Waals surface area contributed by atoms with Crippen LogP contribution in [0, 0.1) is 0 Å². The lowest BCUT2D eigenvalue weighted by Gasteiger charge is -2.28. The molecular weight excluding hydrogens is 256 g/mol. The van der Waals surface area contributed by atoms with Crippen LogP contribution < -0.4 is 5.32 Å². The second-order valence-corrected chi connectivity index (χ2v) is 5.24. The van der Waals surface area contributed by atoms with E-state index in [9.17, 15) is 4.79 Å². The molecule has 1 aromatic heterocycles. The Morgan fingerprint density at radius 2 is 2.20 bits per heavy atom. The van der Waals surface area contributed by atoms with Gasteiger partial charge in [0, 0.05) is 17.5 Å². The molecule has 1 amide bonds. The van der Waals surface area contributed by atoms with Gasteiger partial charge in [-0.3, -0.25) is 4.79 Å². The van der Waals surface area contributed by atoms with Gasteiger partial charge in [-0.25, -0.2) is 0 Å². The van der Waals surface area contributed by atoms with Gasteiger partial charge in [0.25, 0.3) is 0 Å². The average Bonchev–Trinajstić information content (AvgIpc) is 2.82. The van der Waals surface area contributed by atoms with Gasteiger partial charge in [0.2, 0.25) is 5.91 Å². The minimum Gasteiger partial charge on any atom is -0.396 e. The topological polar surface area (TPSA) is 75.4 Å². The molecule has 5 nitrogen and oxygen atoms in total. The normalized spacial score (nSPS) is 14.2. The standard InChI is InChI=1S/C15H20N2O3/c1-3-15(2,8-9-18)16-14(19)10-12-11-6-4-5-7-13(11)20-17-12/h4-7,18H,3,8-10H2,1-2H3,(H,16,19). The SMILES string of the molecule is CCC(C)(CCO)NC(=O)Cc1noc2ccccc12. The predicted octanol–water partition coefficient (Wildman–Crippen LogP) is 2.04. The zero-order valence-corrected chi connectivity index (χ0v) is 11.8. The number of rotatable bonds is 6. The van der Waals surface area contributed by atoms with Crippen LogP contribution in [0.5, 0.6) is 0 Å². The molecule has 0 saturated heterocycles. The van der Waals surface area contributed by atoms with Crippen LogP contribution in [0.3, 0.4) is 0 Å². The molecule has 0 saturated carbocycles. The highest BCUT2D eigenvalue weighted by Gasteiger charge is 2.24. The van der Waals surface area contributed by atoms with Crippen molar-refractivity contribution in [3.63, 3.8) is 0 Å². The summed E-state index contributed by atoms with van der Waals surface area (Å²) in [6, 6.07) is 7.47. The molecule has 1 atom stereocenters. The maximum atomic E-state index is 12.1. The average molecular weight is 276 g/mol. The number of amides is 1. The van der Waals surface area contributed by atoms with Crippen LogP contribution in [0.25, 0.3) is 11.0 Å². The molecule has 20 heavy (non-hydrogen) atoms. The van der Waals surface area contributed by atoms with Crippen LogP contribution in [-0.2, 0) is 11.2 Å². The Morgan fingerprint density at radius 1 is 1.45 bits per heavy atom. The lowest BCUT2D eigenvalue weighted by atomic mass is 9.94. The summed E-state index contributed by atoms with van der Waals surface area (Å²) in [5.74, 6) is -0.109. The van der Waals surface area contributed by atoms with E-state index in [0.29, 0.717) is 17.7 Å². The maximum Gasteiger partial charge on any atom is 0.226 e. The van der Waals surface area contributed by atoms with Crippen molar-refractivity contribution in [2.75, 3.05) is 6.61 Å². The number of hydrogen-bond donors (Lipinski definition) is 2. The molecule has 0 fully saturated rings. The van der Waals surface area contributed by atoms with Gasteiger partial charge in [0.1, 0.15) is 5.69 Å². The molecule has 0 bridgehead atoms.